The van der Waals surface area contributed by atoms with Crippen molar-refractivity contribution in [1.29, 1.82) is 0 Å². The SMILES string of the molecule is CCS(=O)(=O)CC(C)Nc1nc(C)nc2c1CCCC2. The van der Waals surface area contributed by atoms with Crippen molar-refractivity contribution in [3.8, 4) is 0 Å². The first-order chi connectivity index (χ1) is 9.41. The molecule has 1 atom stereocenters. The molecule has 6 heteroatoms. The monoisotopic (exact) mass is 297 g/mol. The van der Waals surface area contributed by atoms with Crippen LogP contribution in [0.25, 0.3) is 0 Å². The summed E-state index contributed by atoms with van der Waals surface area (Å²) in [6.07, 6.45) is 4.29. The third-order valence-electron chi connectivity index (χ3n) is 3.62. The number of aromatic nitrogens is 2. The van der Waals surface area contributed by atoms with E-state index in [4.69, 9.17) is 0 Å². The molecule has 1 heterocycles. The van der Waals surface area contributed by atoms with Gasteiger partial charge in [0.05, 0.1) is 5.75 Å². The number of nitrogens with one attached hydrogen (secondary N) is 1. The van der Waals surface area contributed by atoms with Crippen LogP contribution in [0.15, 0.2) is 0 Å². The Morgan fingerprint density at radius 2 is 1.95 bits per heavy atom. The van der Waals surface area contributed by atoms with Gasteiger partial charge >= 0.3 is 0 Å². The minimum absolute atomic E-state index is 0.139. The van der Waals surface area contributed by atoms with Gasteiger partial charge in [0.2, 0.25) is 0 Å². The normalized spacial score (nSPS) is 16.6. The van der Waals surface area contributed by atoms with Crippen LogP contribution in [-0.4, -0.2) is 35.9 Å². The number of sulfone groups is 1. The van der Waals surface area contributed by atoms with Crippen LogP contribution >= 0.6 is 0 Å². The van der Waals surface area contributed by atoms with Crippen molar-refractivity contribution >= 4 is 15.7 Å². The van der Waals surface area contributed by atoms with E-state index in [1.54, 1.807) is 6.92 Å². The minimum Gasteiger partial charge on any atom is -0.366 e. The molecule has 1 aliphatic rings. The standard InChI is InChI=1S/C14H23N3O2S/c1-4-20(18,19)9-10(2)15-14-12-7-5-6-8-13(12)16-11(3)17-14/h10H,4-9H2,1-3H3,(H,15,16,17). The van der Waals surface area contributed by atoms with Crippen molar-refractivity contribution in [2.24, 2.45) is 0 Å². The number of aryl methyl sites for hydroxylation is 2. The molecule has 0 spiro atoms. The number of hydrogen-bond donors (Lipinski definition) is 1. The van der Waals surface area contributed by atoms with Gasteiger partial charge in [0.1, 0.15) is 11.6 Å². The van der Waals surface area contributed by atoms with E-state index in [9.17, 15) is 8.42 Å². The second-order valence-corrected chi connectivity index (χ2v) is 7.89. The predicted octanol–water partition coefficient (Wildman–Crippen LogP) is 1.90. The molecule has 0 aromatic carbocycles. The van der Waals surface area contributed by atoms with Crippen molar-refractivity contribution in [3.05, 3.63) is 17.1 Å². The number of hydrogen-bond acceptors (Lipinski definition) is 5. The molecule has 112 valence electrons. The van der Waals surface area contributed by atoms with Gasteiger partial charge in [-0.3, -0.25) is 0 Å². The highest BCUT2D eigenvalue weighted by Crippen LogP contribution is 2.25. The van der Waals surface area contributed by atoms with Gasteiger partial charge in [-0.15, -0.1) is 0 Å². The van der Waals surface area contributed by atoms with Gasteiger partial charge in [-0.05, 0) is 39.5 Å². The molecular formula is C14H23N3O2S. The summed E-state index contributed by atoms with van der Waals surface area (Å²) in [5, 5.41) is 3.27. The average molecular weight is 297 g/mol. The first-order valence-corrected chi connectivity index (χ1v) is 9.06. The fourth-order valence-electron chi connectivity index (χ4n) is 2.61. The summed E-state index contributed by atoms with van der Waals surface area (Å²) in [5.41, 5.74) is 2.29. The van der Waals surface area contributed by atoms with Crippen LogP contribution in [0.5, 0.6) is 0 Å². The lowest BCUT2D eigenvalue weighted by Crippen LogP contribution is -2.28. The summed E-state index contributed by atoms with van der Waals surface area (Å²) < 4.78 is 23.4. The highest BCUT2D eigenvalue weighted by molar-refractivity contribution is 7.91. The lowest BCUT2D eigenvalue weighted by molar-refractivity contribution is 0.593. The molecule has 0 aliphatic heterocycles. The zero-order chi connectivity index (χ0) is 14.8. The highest BCUT2D eigenvalue weighted by Gasteiger charge is 2.20. The first kappa shape index (κ1) is 15.2. The van der Waals surface area contributed by atoms with Crippen molar-refractivity contribution in [2.75, 3.05) is 16.8 Å². The Bertz CT molecular complexity index is 584. The lowest BCUT2D eigenvalue weighted by Gasteiger charge is -2.22. The molecule has 5 nitrogen and oxygen atoms in total. The number of rotatable bonds is 5. The maximum atomic E-state index is 11.7. The van der Waals surface area contributed by atoms with Crippen LogP contribution < -0.4 is 5.32 Å². The Kier molecular flexibility index (Phi) is 4.62. The van der Waals surface area contributed by atoms with Crippen LogP contribution in [0.4, 0.5) is 5.82 Å². The second-order valence-electron chi connectivity index (χ2n) is 5.50. The summed E-state index contributed by atoms with van der Waals surface area (Å²) in [5.74, 6) is 1.89. The topological polar surface area (TPSA) is 72.0 Å². The quantitative estimate of drug-likeness (QED) is 0.898. The Morgan fingerprint density at radius 1 is 1.25 bits per heavy atom. The third kappa shape index (κ3) is 3.69. The molecule has 1 aliphatic carbocycles. The molecule has 1 N–H and O–H groups in total. The Labute approximate surface area is 121 Å². The van der Waals surface area contributed by atoms with Crippen LogP contribution in [0, 0.1) is 6.92 Å². The molecule has 1 aromatic rings. The van der Waals surface area contributed by atoms with Crippen LogP contribution in [0.2, 0.25) is 0 Å². The summed E-state index contributed by atoms with van der Waals surface area (Å²) >= 11 is 0. The van der Waals surface area contributed by atoms with Gasteiger partial charge in [0.25, 0.3) is 0 Å². The summed E-state index contributed by atoms with van der Waals surface area (Å²) in [4.78, 5) is 8.97. The maximum absolute atomic E-state index is 11.7. The molecule has 1 aromatic heterocycles. The fourth-order valence-corrected chi connectivity index (χ4v) is 3.69. The van der Waals surface area contributed by atoms with Crippen molar-refractivity contribution in [2.45, 2.75) is 52.5 Å². The van der Waals surface area contributed by atoms with E-state index in [1.807, 2.05) is 13.8 Å². The molecule has 0 radical (unpaired) electrons. The Balaban J connectivity index is 2.19. The maximum Gasteiger partial charge on any atom is 0.152 e. The van der Waals surface area contributed by atoms with Gasteiger partial charge in [0.15, 0.2) is 9.84 Å². The molecular weight excluding hydrogens is 274 g/mol. The zero-order valence-electron chi connectivity index (χ0n) is 12.4. The van der Waals surface area contributed by atoms with Crippen molar-refractivity contribution in [3.63, 3.8) is 0 Å². The molecule has 1 unspecified atom stereocenters. The van der Waals surface area contributed by atoms with Crippen molar-refractivity contribution in [1.82, 2.24) is 9.97 Å². The van der Waals surface area contributed by atoms with E-state index in [0.717, 1.165) is 36.6 Å². The fraction of sp³-hybridized carbons (Fsp3) is 0.714. The van der Waals surface area contributed by atoms with Gasteiger partial charge in [-0.2, -0.15) is 0 Å². The van der Waals surface area contributed by atoms with Crippen molar-refractivity contribution < 1.29 is 8.42 Å². The van der Waals surface area contributed by atoms with E-state index in [2.05, 4.69) is 15.3 Å². The first-order valence-electron chi connectivity index (χ1n) is 7.24. The van der Waals surface area contributed by atoms with Gasteiger partial charge in [0, 0.05) is 23.1 Å². The highest BCUT2D eigenvalue weighted by atomic mass is 32.2. The van der Waals surface area contributed by atoms with Gasteiger partial charge < -0.3 is 5.32 Å². The Morgan fingerprint density at radius 3 is 2.65 bits per heavy atom. The van der Waals surface area contributed by atoms with Gasteiger partial charge in [-0.1, -0.05) is 6.92 Å². The predicted molar refractivity (Wildman–Crippen MR) is 80.8 cm³/mol. The molecule has 0 saturated carbocycles. The van der Waals surface area contributed by atoms with E-state index in [1.165, 1.54) is 12.0 Å². The van der Waals surface area contributed by atoms with E-state index in [0.29, 0.717) is 0 Å². The molecule has 2 rings (SSSR count). The zero-order valence-corrected chi connectivity index (χ0v) is 13.3. The van der Waals surface area contributed by atoms with Crippen LogP contribution in [0.3, 0.4) is 0 Å². The lowest BCUT2D eigenvalue weighted by atomic mass is 9.96. The van der Waals surface area contributed by atoms with E-state index in [-0.39, 0.29) is 17.5 Å². The number of fused-ring (bicyclic) bond motifs is 1. The molecule has 0 bridgehead atoms. The van der Waals surface area contributed by atoms with E-state index >= 15 is 0 Å². The molecule has 0 fully saturated rings. The van der Waals surface area contributed by atoms with Crippen LogP contribution in [0.1, 0.15) is 43.8 Å². The Hall–Kier alpha value is -1.17. The average Bonchev–Trinajstić information content (AvgIpc) is 2.37. The number of anilines is 1. The molecule has 20 heavy (non-hydrogen) atoms. The summed E-state index contributed by atoms with van der Waals surface area (Å²) in [6.45, 7) is 5.45. The van der Waals surface area contributed by atoms with Crippen LogP contribution in [-0.2, 0) is 22.7 Å². The second kappa shape index (κ2) is 6.08. The largest absolute Gasteiger partial charge is 0.366 e. The van der Waals surface area contributed by atoms with E-state index < -0.39 is 9.84 Å². The molecule has 0 saturated heterocycles. The minimum atomic E-state index is -2.98. The smallest absolute Gasteiger partial charge is 0.152 e. The summed E-state index contributed by atoms with van der Waals surface area (Å²) in [6, 6.07) is -0.139. The molecule has 0 amide bonds. The van der Waals surface area contributed by atoms with Gasteiger partial charge in [-0.25, -0.2) is 18.4 Å². The third-order valence-corrected chi connectivity index (χ3v) is 5.51. The number of nitrogens with zero attached hydrogens (tertiary/aromatic N) is 2. The summed E-state index contributed by atoms with van der Waals surface area (Å²) in [7, 11) is -2.98.